The Morgan fingerprint density at radius 3 is 2.50 bits per heavy atom. The molecule has 0 aromatic rings. The maximum atomic E-state index is 11.5. The summed E-state index contributed by atoms with van der Waals surface area (Å²) in [5.74, 6) is 1.76. The highest BCUT2D eigenvalue weighted by Gasteiger charge is 2.11. The summed E-state index contributed by atoms with van der Waals surface area (Å²) in [5.41, 5.74) is 5.61. The maximum Gasteiger partial charge on any atom is 0.220 e. The van der Waals surface area contributed by atoms with Gasteiger partial charge in [-0.3, -0.25) is 4.79 Å². The van der Waals surface area contributed by atoms with E-state index in [1.807, 2.05) is 0 Å². The summed E-state index contributed by atoms with van der Waals surface area (Å²) in [6, 6.07) is 0.145. The Morgan fingerprint density at radius 2 is 2.06 bits per heavy atom. The Morgan fingerprint density at radius 1 is 1.44 bits per heavy atom. The van der Waals surface area contributed by atoms with Crippen LogP contribution in [0.5, 0.6) is 0 Å². The van der Waals surface area contributed by atoms with E-state index in [2.05, 4.69) is 25.4 Å². The molecule has 5 heteroatoms. The van der Waals surface area contributed by atoms with E-state index in [0.717, 1.165) is 18.6 Å². The van der Waals surface area contributed by atoms with E-state index in [4.69, 9.17) is 5.73 Å². The zero-order valence-corrected chi connectivity index (χ0v) is 12.1. The first-order valence-corrected chi connectivity index (χ1v) is 6.97. The topological polar surface area (TPSA) is 55.1 Å². The van der Waals surface area contributed by atoms with Crippen LogP contribution in [0.1, 0.15) is 33.1 Å². The molecule has 0 aromatic carbocycles. The van der Waals surface area contributed by atoms with Crippen molar-refractivity contribution in [3.63, 3.8) is 0 Å². The first-order chi connectivity index (χ1) is 7.10. The molecule has 0 heterocycles. The molecule has 0 rings (SSSR count). The fourth-order valence-corrected chi connectivity index (χ4v) is 1.89. The lowest BCUT2D eigenvalue weighted by Crippen LogP contribution is -2.40. The van der Waals surface area contributed by atoms with Gasteiger partial charge in [0.1, 0.15) is 0 Å². The van der Waals surface area contributed by atoms with Gasteiger partial charge < -0.3 is 11.1 Å². The van der Waals surface area contributed by atoms with Gasteiger partial charge in [-0.05, 0) is 30.8 Å². The van der Waals surface area contributed by atoms with Crippen molar-refractivity contribution in [2.75, 3.05) is 18.6 Å². The van der Waals surface area contributed by atoms with Crippen molar-refractivity contribution in [1.82, 2.24) is 5.32 Å². The minimum Gasteiger partial charge on any atom is -0.352 e. The van der Waals surface area contributed by atoms with Gasteiger partial charge in [-0.1, -0.05) is 13.8 Å². The molecule has 3 nitrogen and oxygen atoms in total. The molecule has 0 saturated heterocycles. The molecule has 0 spiro atoms. The lowest BCUT2D eigenvalue weighted by Gasteiger charge is -2.18. The Labute approximate surface area is 110 Å². The van der Waals surface area contributed by atoms with Gasteiger partial charge in [0.15, 0.2) is 0 Å². The van der Waals surface area contributed by atoms with Crippen molar-refractivity contribution in [2.24, 2.45) is 11.7 Å². The van der Waals surface area contributed by atoms with Crippen molar-refractivity contribution >= 4 is 30.1 Å². The van der Waals surface area contributed by atoms with Crippen LogP contribution in [0.2, 0.25) is 0 Å². The lowest BCUT2D eigenvalue weighted by atomic mass is 10.0. The monoisotopic (exact) mass is 268 g/mol. The second-order valence-electron chi connectivity index (χ2n) is 4.23. The third kappa shape index (κ3) is 10.6. The molecular formula is C11H25ClN2OS. The molecule has 0 bridgehead atoms. The molecular weight excluding hydrogens is 244 g/mol. The normalized spacial score (nSPS) is 12.1. The molecule has 1 amide bonds. The molecule has 0 aliphatic rings. The molecule has 3 N–H and O–H groups in total. The van der Waals surface area contributed by atoms with Gasteiger partial charge in [0, 0.05) is 19.0 Å². The molecule has 16 heavy (non-hydrogen) atoms. The van der Waals surface area contributed by atoms with E-state index >= 15 is 0 Å². The minimum absolute atomic E-state index is 0. The second-order valence-corrected chi connectivity index (χ2v) is 5.21. The highest BCUT2D eigenvalue weighted by molar-refractivity contribution is 7.98. The molecule has 0 aliphatic carbocycles. The van der Waals surface area contributed by atoms with Crippen LogP contribution in [0.4, 0.5) is 0 Å². The number of carbonyl (C=O) groups is 1. The number of hydrogen-bond acceptors (Lipinski definition) is 3. The summed E-state index contributed by atoms with van der Waals surface area (Å²) >= 11 is 1.77. The summed E-state index contributed by atoms with van der Waals surface area (Å²) in [7, 11) is 0. The minimum atomic E-state index is 0. The summed E-state index contributed by atoms with van der Waals surface area (Å²) in [6.07, 6.45) is 4.59. The van der Waals surface area contributed by atoms with E-state index in [-0.39, 0.29) is 24.4 Å². The van der Waals surface area contributed by atoms with Gasteiger partial charge in [-0.2, -0.15) is 11.8 Å². The van der Waals surface area contributed by atoms with Crippen LogP contribution in [0.25, 0.3) is 0 Å². The zero-order chi connectivity index (χ0) is 11.7. The largest absolute Gasteiger partial charge is 0.352 e. The van der Waals surface area contributed by atoms with Crippen LogP contribution < -0.4 is 11.1 Å². The van der Waals surface area contributed by atoms with Gasteiger partial charge in [-0.25, -0.2) is 0 Å². The van der Waals surface area contributed by atoms with Crippen LogP contribution in [-0.4, -0.2) is 30.5 Å². The van der Waals surface area contributed by atoms with Crippen LogP contribution >= 0.6 is 24.2 Å². The van der Waals surface area contributed by atoms with Crippen LogP contribution in [0.15, 0.2) is 0 Å². The van der Waals surface area contributed by atoms with Crippen molar-refractivity contribution in [1.29, 1.82) is 0 Å². The average Bonchev–Trinajstić information content (AvgIpc) is 2.16. The van der Waals surface area contributed by atoms with Gasteiger partial charge in [-0.15, -0.1) is 12.4 Å². The number of nitrogens with one attached hydrogen (secondary N) is 1. The average molecular weight is 269 g/mol. The fraction of sp³-hybridized carbons (Fsp3) is 0.909. The summed E-state index contributed by atoms with van der Waals surface area (Å²) < 4.78 is 0. The summed E-state index contributed by atoms with van der Waals surface area (Å²) in [4.78, 5) is 11.5. The van der Waals surface area contributed by atoms with Gasteiger partial charge in [0.25, 0.3) is 0 Å². The highest BCUT2D eigenvalue weighted by Crippen LogP contribution is 2.05. The van der Waals surface area contributed by atoms with Crippen LogP contribution in [0.3, 0.4) is 0 Å². The Balaban J connectivity index is 0. The van der Waals surface area contributed by atoms with Gasteiger partial charge >= 0.3 is 0 Å². The van der Waals surface area contributed by atoms with E-state index in [1.54, 1.807) is 11.8 Å². The molecule has 0 radical (unpaired) electrons. The SMILES string of the molecule is CSCCCC(=O)NC(CN)CC(C)C.Cl. The van der Waals surface area contributed by atoms with Crippen molar-refractivity contribution in [3.8, 4) is 0 Å². The lowest BCUT2D eigenvalue weighted by molar-refractivity contribution is -0.121. The Hall–Kier alpha value is 0.0700. The van der Waals surface area contributed by atoms with Crippen LogP contribution in [0, 0.1) is 5.92 Å². The Kier molecular flexibility index (Phi) is 13.3. The predicted molar refractivity (Wildman–Crippen MR) is 75.3 cm³/mol. The van der Waals surface area contributed by atoms with E-state index < -0.39 is 0 Å². The van der Waals surface area contributed by atoms with Gasteiger partial charge in [0.2, 0.25) is 5.91 Å². The predicted octanol–water partition coefficient (Wildman–Crippen LogP) is 2.04. The number of thioether (sulfide) groups is 1. The number of halogens is 1. The van der Waals surface area contributed by atoms with Crippen LogP contribution in [-0.2, 0) is 4.79 Å². The Bertz CT molecular complexity index is 179. The first-order valence-electron chi connectivity index (χ1n) is 5.58. The maximum absolute atomic E-state index is 11.5. The second kappa shape index (κ2) is 11.6. The van der Waals surface area contributed by atoms with Crippen molar-refractivity contribution < 1.29 is 4.79 Å². The molecule has 0 fully saturated rings. The number of carbonyl (C=O) groups excluding carboxylic acids is 1. The van der Waals surface area contributed by atoms with Crippen molar-refractivity contribution in [2.45, 2.75) is 39.2 Å². The first kappa shape index (κ1) is 18.4. The molecule has 0 saturated carbocycles. The van der Waals surface area contributed by atoms with E-state index in [1.165, 1.54) is 0 Å². The number of hydrogen-bond donors (Lipinski definition) is 2. The smallest absolute Gasteiger partial charge is 0.220 e. The highest BCUT2D eigenvalue weighted by atomic mass is 35.5. The molecule has 1 unspecified atom stereocenters. The molecule has 98 valence electrons. The number of rotatable bonds is 8. The summed E-state index contributed by atoms with van der Waals surface area (Å²) in [5, 5.41) is 2.98. The number of amides is 1. The summed E-state index contributed by atoms with van der Waals surface area (Å²) in [6.45, 7) is 4.82. The fourth-order valence-electron chi connectivity index (χ4n) is 1.46. The number of nitrogens with two attached hydrogens (primary N) is 1. The quantitative estimate of drug-likeness (QED) is 0.663. The third-order valence-corrected chi connectivity index (χ3v) is 2.85. The third-order valence-electron chi connectivity index (χ3n) is 2.16. The van der Waals surface area contributed by atoms with Crippen molar-refractivity contribution in [3.05, 3.63) is 0 Å². The standard InChI is InChI=1S/C11H24N2OS.ClH/c1-9(2)7-10(8-12)13-11(14)5-4-6-15-3;/h9-10H,4-8,12H2,1-3H3,(H,13,14);1H. The molecule has 0 aliphatic heterocycles. The van der Waals surface area contributed by atoms with Gasteiger partial charge in [0.05, 0.1) is 0 Å². The zero-order valence-electron chi connectivity index (χ0n) is 10.5. The van der Waals surface area contributed by atoms with E-state index in [0.29, 0.717) is 18.9 Å². The molecule has 0 aromatic heterocycles. The molecule has 1 atom stereocenters. The van der Waals surface area contributed by atoms with E-state index in [9.17, 15) is 4.79 Å².